The Hall–Kier alpha value is -0.820. The molecule has 0 heterocycles. The fraction of sp³-hybridized carbons (Fsp3) is 0.778. The van der Waals surface area contributed by atoms with E-state index in [1.807, 2.05) is 0 Å². The molecule has 1 amide bonds. The average Bonchev–Trinajstić information content (AvgIpc) is 2.11. The summed E-state index contributed by atoms with van der Waals surface area (Å²) in [6, 6.07) is -1.09. The van der Waals surface area contributed by atoms with Crippen LogP contribution in [0.15, 0.2) is 0 Å². The first kappa shape index (κ1) is 16.2. The van der Waals surface area contributed by atoms with Crippen molar-refractivity contribution in [3.8, 4) is 0 Å². The van der Waals surface area contributed by atoms with E-state index in [1.165, 1.54) is 0 Å². The number of amides is 1. The molecule has 0 aromatic rings. The van der Waals surface area contributed by atoms with Crippen molar-refractivity contribution in [1.29, 1.82) is 0 Å². The maximum absolute atomic E-state index is 11.4. The van der Waals surface area contributed by atoms with Gasteiger partial charge in [0, 0.05) is 0 Å². The van der Waals surface area contributed by atoms with Crippen LogP contribution in [-0.2, 0) is 24.3 Å². The van der Waals surface area contributed by atoms with Crippen molar-refractivity contribution in [2.45, 2.75) is 32.4 Å². The van der Waals surface area contributed by atoms with Gasteiger partial charge < -0.3 is 14.8 Å². The maximum Gasteiger partial charge on any atom is 0.408 e. The minimum Gasteiger partial charge on any atom is -0.467 e. The van der Waals surface area contributed by atoms with Gasteiger partial charge in [-0.05, 0) is 31.5 Å². The van der Waals surface area contributed by atoms with Crippen LogP contribution >= 0.6 is 10.7 Å². The molecule has 0 aromatic heterocycles. The second-order valence-corrected chi connectivity index (χ2v) is 6.12. The third-order valence-corrected chi connectivity index (χ3v) is 2.45. The first-order valence-corrected chi connectivity index (χ1v) is 6.92. The zero-order valence-electron chi connectivity index (χ0n) is 10.1. The van der Waals surface area contributed by atoms with E-state index in [-0.39, 0.29) is 5.75 Å². The zero-order chi connectivity index (χ0) is 13.6. The van der Waals surface area contributed by atoms with E-state index in [4.69, 9.17) is 15.4 Å². The summed E-state index contributed by atoms with van der Waals surface area (Å²) in [4.78, 5) is 22.7. The van der Waals surface area contributed by atoms with Gasteiger partial charge in [-0.15, -0.1) is 0 Å². The highest BCUT2D eigenvalue weighted by molar-refractivity contribution is 8.08. The minimum absolute atomic E-state index is 0.243. The van der Waals surface area contributed by atoms with E-state index in [0.29, 0.717) is 0 Å². The van der Waals surface area contributed by atoms with Crippen LogP contribution in [0.3, 0.4) is 0 Å². The van der Waals surface area contributed by atoms with Crippen LogP contribution in [0.5, 0.6) is 0 Å². The molecule has 0 aliphatic rings. The van der Waals surface area contributed by atoms with Crippen LogP contribution in [0.2, 0.25) is 0 Å². The van der Waals surface area contributed by atoms with Gasteiger partial charge in [-0.2, -0.15) is 0 Å². The lowest BCUT2D eigenvalue weighted by atomic mass is 10.2. The Morgan fingerprint density at radius 2 is 1.94 bits per heavy atom. The van der Waals surface area contributed by atoms with Gasteiger partial charge in [0.05, 0.1) is 12.9 Å². The lowest BCUT2D eigenvalue weighted by Gasteiger charge is -2.22. The van der Waals surface area contributed by atoms with Gasteiger partial charge in [-0.3, -0.25) is 0 Å². The molecule has 0 bridgehead atoms. The number of ether oxygens (including phenoxy) is 2. The highest BCUT2D eigenvalue weighted by Gasteiger charge is 2.26. The Kier molecular flexibility index (Phi) is 6.48. The number of carbonyl (C=O) groups excluding carboxylic acids is 2. The Balaban J connectivity index is 4.48. The van der Waals surface area contributed by atoms with Crippen molar-refractivity contribution in [3.05, 3.63) is 0 Å². The van der Waals surface area contributed by atoms with E-state index in [0.717, 1.165) is 7.11 Å². The first-order chi connectivity index (χ1) is 7.65. The SMILES string of the molecule is COC(=O)[C@H](CS(=O)Cl)NC(=O)OC(C)(C)C. The molecule has 0 aromatic carbocycles. The van der Waals surface area contributed by atoms with Crippen molar-refractivity contribution in [2.75, 3.05) is 12.9 Å². The minimum atomic E-state index is -1.76. The van der Waals surface area contributed by atoms with Gasteiger partial charge in [-0.1, -0.05) is 0 Å². The molecule has 2 atom stereocenters. The topological polar surface area (TPSA) is 81.7 Å². The highest BCUT2D eigenvalue weighted by Crippen LogP contribution is 2.07. The van der Waals surface area contributed by atoms with Gasteiger partial charge in [0.1, 0.15) is 21.7 Å². The number of hydrogen-bond donors (Lipinski definition) is 1. The Labute approximate surface area is 107 Å². The summed E-state index contributed by atoms with van der Waals surface area (Å²) in [6.07, 6.45) is -0.796. The Morgan fingerprint density at radius 3 is 2.29 bits per heavy atom. The number of esters is 1. The van der Waals surface area contributed by atoms with Crippen molar-refractivity contribution in [1.82, 2.24) is 5.32 Å². The predicted molar refractivity (Wildman–Crippen MR) is 64.0 cm³/mol. The summed E-state index contributed by atoms with van der Waals surface area (Å²) in [7, 11) is 4.66. The summed E-state index contributed by atoms with van der Waals surface area (Å²) in [5, 5.41) is 2.24. The van der Waals surface area contributed by atoms with Crippen LogP contribution in [0, 0.1) is 0 Å². The molecule has 1 unspecified atom stereocenters. The largest absolute Gasteiger partial charge is 0.467 e. The highest BCUT2D eigenvalue weighted by atomic mass is 35.7. The van der Waals surface area contributed by atoms with Gasteiger partial charge in [0.15, 0.2) is 0 Å². The molecule has 0 spiro atoms. The van der Waals surface area contributed by atoms with Gasteiger partial charge in [-0.25, -0.2) is 13.8 Å². The fourth-order valence-corrected chi connectivity index (χ4v) is 1.75. The molecule has 100 valence electrons. The number of rotatable bonds is 4. The van der Waals surface area contributed by atoms with E-state index in [1.54, 1.807) is 20.8 Å². The molecule has 1 N–H and O–H groups in total. The Morgan fingerprint density at radius 1 is 1.41 bits per heavy atom. The molecular weight excluding hydrogens is 270 g/mol. The van der Waals surface area contributed by atoms with Crippen molar-refractivity contribution in [2.24, 2.45) is 0 Å². The summed E-state index contributed by atoms with van der Waals surface area (Å²) < 4.78 is 20.2. The van der Waals surface area contributed by atoms with Crippen molar-refractivity contribution < 1.29 is 23.3 Å². The number of alkyl carbamates (subject to hydrolysis) is 1. The van der Waals surface area contributed by atoms with Crippen LogP contribution in [0.25, 0.3) is 0 Å². The van der Waals surface area contributed by atoms with Crippen LogP contribution in [0.1, 0.15) is 20.8 Å². The molecule has 17 heavy (non-hydrogen) atoms. The van der Waals surface area contributed by atoms with E-state index in [2.05, 4.69) is 10.1 Å². The number of nitrogens with one attached hydrogen (secondary N) is 1. The fourth-order valence-electron chi connectivity index (χ4n) is 0.892. The van der Waals surface area contributed by atoms with Crippen molar-refractivity contribution >= 4 is 32.8 Å². The molecule has 0 fully saturated rings. The smallest absolute Gasteiger partial charge is 0.408 e. The third-order valence-electron chi connectivity index (χ3n) is 1.47. The van der Waals surface area contributed by atoms with Gasteiger partial charge >= 0.3 is 12.1 Å². The van der Waals surface area contributed by atoms with Crippen molar-refractivity contribution in [3.63, 3.8) is 0 Å². The lowest BCUT2D eigenvalue weighted by molar-refractivity contribution is -0.142. The first-order valence-electron chi connectivity index (χ1n) is 4.77. The summed E-state index contributed by atoms with van der Waals surface area (Å²) >= 11 is 0. The molecule has 0 rings (SSSR count). The van der Waals surface area contributed by atoms with Crippen LogP contribution in [0.4, 0.5) is 4.79 Å². The normalized spacial score (nSPS) is 14.6. The molecule has 0 saturated heterocycles. The number of carbonyl (C=O) groups is 2. The average molecular weight is 286 g/mol. The predicted octanol–water partition coefficient (Wildman–Crippen LogP) is 0.955. The molecule has 8 heteroatoms. The number of methoxy groups -OCH3 is 1. The molecular formula is C9H16ClNO5S. The van der Waals surface area contributed by atoms with Crippen LogP contribution in [-0.4, -0.2) is 40.8 Å². The monoisotopic (exact) mass is 285 g/mol. The second kappa shape index (κ2) is 6.80. The molecule has 0 radical (unpaired) electrons. The molecule has 0 aliphatic heterocycles. The maximum atomic E-state index is 11.4. The van der Waals surface area contributed by atoms with E-state index >= 15 is 0 Å². The van der Waals surface area contributed by atoms with Crippen LogP contribution < -0.4 is 5.32 Å². The van der Waals surface area contributed by atoms with E-state index in [9.17, 15) is 13.8 Å². The van der Waals surface area contributed by atoms with Gasteiger partial charge in [0.2, 0.25) is 0 Å². The summed E-state index contributed by atoms with van der Waals surface area (Å²) in [5.41, 5.74) is -0.690. The number of halogens is 1. The summed E-state index contributed by atoms with van der Waals surface area (Å²) in [5.74, 6) is -0.974. The quantitative estimate of drug-likeness (QED) is 0.614. The summed E-state index contributed by atoms with van der Waals surface area (Å²) in [6.45, 7) is 5.04. The Bertz CT molecular complexity index is 315. The van der Waals surface area contributed by atoms with E-state index < -0.39 is 33.7 Å². The lowest BCUT2D eigenvalue weighted by Crippen LogP contribution is -2.46. The van der Waals surface area contributed by atoms with Gasteiger partial charge in [0.25, 0.3) is 0 Å². The number of hydrogen-bond acceptors (Lipinski definition) is 5. The molecule has 0 saturated carbocycles. The standard InChI is InChI=1S/C9H16ClNO5S/c1-9(2,3)16-8(13)11-6(5-17(10)14)7(12)15-4/h6H,5H2,1-4H3,(H,11,13)/t6-,17?/m0/s1. The molecule has 0 aliphatic carbocycles. The molecule has 6 nitrogen and oxygen atoms in total. The zero-order valence-corrected chi connectivity index (χ0v) is 11.7. The third kappa shape index (κ3) is 7.98. The second-order valence-electron chi connectivity index (χ2n) is 4.18.